The number of halogens is 2. The highest BCUT2D eigenvalue weighted by atomic mass is 35.5. The molecule has 1 unspecified atom stereocenters. The first kappa shape index (κ1) is 14.6. The van der Waals surface area contributed by atoms with Gasteiger partial charge in [-0.25, -0.2) is 4.39 Å². The molecule has 1 fully saturated rings. The van der Waals surface area contributed by atoms with Crippen molar-refractivity contribution < 1.29 is 4.39 Å². The van der Waals surface area contributed by atoms with E-state index in [1.54, 1.807) is 18.2 Å². The summed E-state index contributed by atoms with van der Waals surface area (Å²) in [5.41, 5.74) is 3.10. The monoisotopic (exact) mass is 303 g/mol. The molecule has 3 heteroatoms. The van der Waals surface area contributed by atoms with Gasteiger partial charge in [0.1, 0.15) is 5.82 Å². The molecule has 3 rings (SSSR count). The second kappa shape index (κ2) is 6.17. The van der Waals surface area contributed by atoms with Crippen molar-refractivity contribution in [2.75, 3.05) is 7.05 Å². The molecule has 0 heterocycles. The second-order valence-corrected chi connectivity index (χ2v) is 6.03. The van der Waals surface area contributed by atoms with Crippen molar-refractivity contribution in [3.63, 3.8) is 0 Å². The van der Waals surface area contributed by atoms with E-state index in [4.69, 9.17) is 11.6 Å². The summed E-state index contributed by atoms with van der Waals surface area (Å²) in [7, 11) is 1.86. The van der Waals surface area contributed by atoms with Gasteiger partial charge in [0.15, 0.2) is 0 Å². The molecule has 21 heavy (non-hydrogen) atoms. The zero-order valence-corrected chi connectivity index (χ0v) is 12.8. The standard InChI is InChI=1S/C18H19ClFN/c1-21-18(15-10-5-11-16(19)17(15)20)14-9-3-2-8-13(14)12-6-4-7-12/h2-3,5,8-12,18,21H,4,6-7H2,1H3. The van der Waals surface area contributed by atoms with Crippen LogP contribution in [0.5, 0.6) is 0 Å². The fourth-order valence-electron chi connectivity index (χ4n) is 3.09. The molecular formula is C18H19ClFN. The molecule has 1 N–H and O–H groups in total. The highest BCUT2D eigenvalue weighted by Gasteiger charge is 2.26. The average Bonchev–Trinajstić information content (AvgIpc) is 2.44. The molecule has 0 aliphatic heterocycles. The minimum atomic E-state index is -0.332. The van der Waals surface area contributed by atoms with Gasteiger partial charge in [-0.2, -0.15) is 0 Å². The first-order valence-corrected chi connectivity index (χ1v) is 7.80. The van der Waals surface area contributed by atoms with Crippen molar-refractivity contribution in [3.05, 3.63) is 70.0 Å². The van der Waals surface area contributed by atoms with Gasteiger partial charge < -0.3 is 5.32 Å². The van der Waals surface area contributed by atoms with Crippen molar-refractivity contribution in [1.82, 2.24) is 5.32 Å². The smallest absolute Gasteiger partial charge is 0.146 e. The number of hydrogen-bond acceptors (Lipinski definition) is 1. The lowest BCUT2D eigenvalue weighted by Crippen LogP contribution is -2.22. The van der Waals surface area contributed by atoms with Gasteiger partial charge >= 0.3 is 0 Å². The fourth-order valence-corrected chi connectivity index (χ4v) is 3.27. The van der Waals surface area contributed by atoms with Crippen molar-refractivity contribution in [2.45, 2.75) is 31.2 Å². The van der Waals surface area contributed by atoms with Crippen LogP contribution in [0.15, 0.2) is 42.5 Å². The maximum absolute atomic E-state index is 14.4. The Labute approximate surface area is 130 Å². The Balaban J connectivity index is 2.06. The zero-order valence-electron chi connectivity index (χ0n) is 12.1. The van der Waals surface area contributed by atoms with E-state index in [0.717, 1.165) is 5.56 Å². The fraction of sp³-hybridized carbons (Fsp3) is 0.333. The molecule has 0 bridgehead atoms. The quantitative estimate of drug-likeness (QED) is 0.833. The van der Waals surface area contributed by atoms with Gasteiger partial charge in [-0.05, 0) is 43.0 Å². The SMILES string of the molecule is CNC(c1ccccc1C1CCC1)c1cccc(Cl)c1F. The number of benzene rings is 2. The molecule has 1 saturated carbocycles. The van der Waals surface area contributed by atoms with Crippen LogP contribution in [0.3, 0.4) is 0 Å². The van der Waals surface area contributed by atoms with Crippen molar-refractivity contribution >= 4 is 11.6 Å². The Hall–Kier alpha value is -1.38. The highest BCUT2D eigenvalue weighted by molar-refractivity contribution is 6.30. The Morgan fingerprint density at radius 2 is 1.81 bits per heavy atom. The summed E-state index contributed by atoms with van der Waals surface area (Å²) in [6.45, 7) is 0. The van der Waals surface area contributed by atoms with Crippen LogP contribution in [-0.4, -0.2) is 7.05 Å². The summed E-state index contributed by atoms with van der Waals surface area (Å²) < 4.78 is 14.4. The maximum atomic E-state index is 14.4. The Bertz CT molecular complexity index is 637. The van der Waals surface area contributed by atoms with Crippen LogP contribution in [0.4, 0.5) is 4.39 Å². The third-order valence-corrected chi connectivity index (χ3v) is 4.73. The molecule has 2 aromatic rings. The molecule has 0 aromatic heterocycles. The number of nitrogens with one attached hydrogen (secondary N) is 1. The predicted octanol–water partition coefficient (Wildman–Crippen LogP) is 5.06. The second-order valence-electron chi connectivity index (χ2n) is 5.62. The van der Waals surface area contributed by atoms with Gasteiger partial charge in [0.2, 0.25) is 0 Å². The molecule has 2 aromatic carbocycles. The summed E-state index contributed by atoms with van der Waals surface area (Å²) in [4.78, 5) is 0. The first-order valence-electron chi connectivity index (χ1n) is 7.42. The van der Waals surface area contributed by atoms with Crippen molar-refractivity contribution in [1.29, 1.82) is 0 Å². The molecule has 0 radical (unpaired) electrons. The largest absolute Gasteiger partial charge is 0.309 e. The predicted molar refractivity (Wildman–Crippen MR) is 85.3 cm³/mol. The topological polar surface area (TPSA) is 12.0 Å². The molecule has 0 saturated heterocycles. The minimum absolute atomic E-state index is 0.166. The van der Waals surface area contributed by atoms with Gasteiger partial charge in [-0.1, -0.05) is 54.4 Å². The van der Waals surface area contributed by atoms with E-state index in [-0.39, 0.29) is 16.9 Å². The van der Waals surface area contributed by atoms with E-state index in [1.807, 2.05) is 13.1 Å². The summed E-state index contributed by atoms with van der Waals surface area (Å²) >= 11 is 5.94. The normalized spacial score (nSPS) is 16.5. The van der Waals surface area contributed by atoms with Crippen LogP contribution in [-0.2, 0) is 0 Å². The average molecular weight is 304 g/mol. The lowest BCUT2D eigenvalue weighted by Gasteiger charge is -2.30. The zero-order chi connectivity index (χ0) is 14.8. The molecule has 1 aliphatic rings. The third-order valence-electron chi connectivity index (χ3n) is 4.43. The molecule has 0 spiro atoms. The minimum Gasteiger partial charge on any atom is -0.309 e. The van der Waals surface area contributed by atoms with Crippen LogP contribution in [0.2, 0.25) is 5.02 Å². The van der Waals surface area contributed by atoms with Crippen LogP contribution in [0.25, 0.3) is 0 Å². The van der Waals surface area contributed by atoms with Gasteiger partial charge in [0.25, 0.3) is 0 Å². The third kappa shape index (κ3) is 2.70. The highest BCUT2D eigenvalue weighted by Crippen LogP contribution is 2.41. The summed E-state index contributed by atoms with van der Waals surface area (Å²) in [5.74, 6) is 0.279. The van der Waals surface area contributed by atoms with Crippen molar-refractivity contribution in [3.8, 4) is 0 Å². The first-order chi connectivity index (χ1) is 10.2. The maximum Gasteiger partial charge on any atom is 0.146 e. The van der Waals surface area contributed by atoms with Gasteiger partial charge in [0.05, 0.1) is 11.1 Å². The van der Waals surface area contributed by atoms with Gasteiger partial charge in [0, 0.05) is 5.56 Å². The number of rotatable bonds is 4. The molecule has 0 amide bonds. The Morgan fingerprint density at radius 1 is 1.10 bits per heavy atom. The van der Waals surface area contributed by atoms with E-state index in [9.17, 15) is 4.39 Å². The van der Waals surface area contributed by atoms with E-state index < -0.39 is 0 Å². The molecule has 1 nitrogen and oxygen atoms in total. The molecular weight excluding hydrogens is 285 g/mol. The van der Waals surface area contributed by atoms with Crippen molar-refractivity contribution in [2.24, 2.45) is 0 Å². The summed E-state index contributed by atoms with van der Waals surface area (Å²) in [6, 6.07) is 13.4. The van der Waals surface area contributed by atoms with E-state index >= 15 is 0 Å². The van der Waals surface area contributed by atoms with E-state index in [1.165, 1.54) is 24.8 Å². The van der Waals surface area contributed by atoms with E-state index in [2.05, 4.69) is 23.5 Å². The van der Waals surface area contributed by atoms with Gasteiger partial charge in [-0.15, -0.1) is 0 Å². The van der Waals surface area contributed by atoms with Crippen LogP contribution >= 0.6 is 11.6 Å². The Morgan fingerprint density at radius 3 is 2.48 bits per heavy atom. The van der Waals surface area contributed by atoms with Crippen LogP contribution < -0.4 is 5.32 Å². The molecule has 1 atom stereocenters. The summed E-state index contributed by atoms with van der Waals surface area (Å²) in [5, 5.41) is 3.42. The summed E-state index contributed by atoms with van der Waals surface area (Å²) in [6.07, 6.45) is 3.74. The lowest BCUT2D eigenvalue weighted by molar-refractivity contribution is 0.414. The number of hydrogen-bond donors (Lipinski definition) is 1. The molecule has 1 aliphatic carbocycles. The van der Waals surface area contributed by atoms with Crippen LogP contribution in [0, 0.1) is 5.82 Å². The van der Waals surface area contributed by atoms with E-state index in [0.29, 0.717) is 11.5 Å². The Kier molecular flexibility index (Phi) is 4.27. The lowest BCUT2D eigenvalue weighted by atomic mass is 9.76. The molecule has 110 valence electrons. The van der Waals surface area contributed by atoms with Gasteiger partial charge in [-0.3, -0.25) is 0 Å². The van der Waals surface area contributed by atoms with Crippen LogP contribution in [0.1, 0.15) is 47.9 Å².